The Morgan fingerprint density at radius 1 is 0.913 bits per heavy atom. The van der Waals surface area contributed by atoms with Crippen LogP contribution in [0.2, 0.25) is 0 Å². The number of carbonyl (C=O) groups excluding carboxylic acids is 1. The number of ether oxygens (including phenoxy) is 5. The topological polar surface area (TPSA) is 86.7 Å². The Morgan fingerprint density at radius 2 is 1.70 bits per heavy atom. The van der Waals surface area contributed by atoms with E-state index in [1.54, 1.807) is 24.1 Å². The summed E-state index contributed by atoms with van der Waals surface area (Å²) >= 11 is 0. The molecule has 0 radical (unpaired) electrons. The second kappa shape index (κ2) is 15.3. The Bertz CT molecular complexity index is 1580. The van der Waals surface area contributed by atoms with Gasteiger partial charge < -0.3 is 33.7 Å². The molecule has 0 aromatic heterocycles. The van der Waals surface area contributed by atoms with Crippen LogP contribution in [0.3, 0.4) is 0 Å². The van der Waals surface area contributed by atoms with E-state index < -0.39 is 5.60 Å². The molecule has 1 amide bonds. The molecule has 244 valence electrons. The highest BCUT2D eigenvalue weighted by Crippen LogP contribution is 2.33. The quantitative estimate of drug-likeness (QED) is 0.160. The van der Waals surface area contributed by atoms with Gasteiger partial charge in [0.2, 0.25) is 0 Å². The molecule has 1 heterocycles. The Labute approximate surface area is 271 Å². The molecule has 8 nitrogen and oxygen atoms in total. The molecule has 0 saturated carbocycles. The van der Waals surface area contributed by atoms with Crippen LogP contribution in [-0.2, 0) is 27.4 Å². The predicted molar refractivity (Wildman–Crippen MR) is 179 cm³/mol. The second-order valence-electron chi connectivity index (χ2n) is 12.7. The highest BCUT2D eigenvalue weighted by atomic mass is 16.6. The molecule has 8 heteroatoms. The van der Waals surface area contributed by atoms with E-state index >= 15 is 0 Å². The number of likely N-dealkylation sites (tertiary alicyclic amines) is 1. The van der Waals surface area contributed by atoms with Crippen LogP contribution < -0.4 is 9.47 Å². The van der Waals surface area contributed by atoms with Crippen molar-refractivity contribution < 1.29 is 33.6 Å². The Hall–Kier alpha value is -4.27. The number of amides is 1. The first-order chi connectivity index (χ1) is 22.2. The lowest BCUT2D eigenvalue weighted by Gasteiger charge is -2.39. The number of aromatic hydroxyl groups is 1. The van der Waals surface area contributed by atoms with Crippen LogP contribution in [0, 0.1) is 0 Å². The summed E-state index contributed by atoms with van der Waals surface area (Å²) in [5, 5.41) is 11.9. The van der Waals surface area contributed by atoms with Gasteiger partial charge in [-0.2, -0.15) is 0 Å². The van der Waals surface area contributed by atoms with Gasteiger partial charge in [-0.25, -0.2) is 4.79 Å². The fourth-order valence-electron chi connectivity index (χ4n) is 5.70. The zero-order valence-electron chi connectivity index (χ0n) is 27.2. The maximum absolute atomic E-state index is 13.0. The van der Waals surface area contributed by atoms with Gasteiger partial charge in [0.15, 0.2) is 0 Å². The number of phenolic OH excluding ortho intramolecular Hbond substituents is 1. The molecule has 0 spiro atoms. The summed E-state index contributed by atoms with van der Waals surface area (Å²) in [5.74, 6) is 1.96. The highest BCUT2D eigenvalue weighted by Gasteiger charge is 2.35. The number of phenols is 1. The summed E-state index contributed by atoms with van der Waals surface area (Å²) in [6, 6.07) is 27.5. The normalized spacial score (nSPS) is 16.7. The SMILES string of the molecule is COc1ccccc1COCCCOc1ccc([C@H]2CCN(C(=O)OC(C)(C)C)C[C@@H]2OCc2ccc3ccc(O)cc3c2)cc1. The van der Waals surface area contributed by atoms with Crippen molar-refractivity contribution in [2.24, 2.45) is 0 Å². The number of rotatable bonds is 12. The maximum atomic E-state index is 13.0. The van der Waals surface area contributed by atoms with E-state index in [-0.39, 0.29) is 23.9 Å². The third-order valence-corrected chi connectivity index (χ3v) is 8.02. The molecule has 1 N–H and O–H groups in total. The molecule has 0 bridgehead atoms. The van der Waals surface area contributed by atoms with Crippen LogP contribution in [0.1, 0.15) is 56.2 Å². The first kappa shape index (κ1) is 33.1. The van der Waals surface area contributed by atoms with Crippen molar-refractivity contribution in [1.29, 1.82) is 0 Å². The van der Waals surface area contributed by atoms with Gasteiger partial charge >= 0.3 is 6.09 Å². The predicted octanol–water partition coefficient (Wildman–Crippen LogP) is 7.85. The molecule has 4 aromatic rings. The van der Waals surface area contributed by atoms with Gasteiger partial charge in [-0.3, -0.25) is 0 Å². The van der Waals surface area contributed by atoms with Gasteiger partial charge in [0, 0.05) is 24.4 Å². The highest BCUT2D eigenvalue weighted by molar-refractivity contribution is 5.84. The summed E-state index contributed by atoms with van der Waals surface area (Å²) in [6.07, 6.45) is 0.966. The number of hydrogen-bond donors (Lipinski definition) is 1. The van der Waals surface area contributed by atoms with E-state index in [4.69, 9.17) is 23.7 Å². The first-order valence-corrected chi connectivity index (χ1v) is 15.9. The Morgan fingerprint density at radius 3 is 2.48 bits per heavy atom. The molecule has 1 saturated heterocycles. The fourth-order valence-corrected chi connectivity index (χ4v) is 5.70. The third kappa shape index (κ3) is 9.14. The van der Waals surface area contributed by atoms with Crippen LogP contribution in [0.25, 0.3) is 10.8 Å². The summed E-state index contributed by atoms with van der Waals surface area (Å²) < 4.78 is 29.4. The largest absolute Gasteiger partial charge is 0.508 e. The van der Waals surface area contributed by atoms with Gasteiger partial charge in [0.1, 0.15) is 22.8 Å². The first-order valence-electron chi connectivity index (χ1n) is 15.9. The van der Waals surface area contributed by atoms with E-state index in [9.17, 15) is 9.90 Å². The van der Waals surface area contributed by atoms with E-state index in [1.165, 1.54) is 0 Å². The lowest BCUT2D eigenvalue weighted by Crippen LogP contribution is -2.48. The lowest BCUT2D eigenvalue weighted by molar-refractivity contribution is -0.0359. The minimum atomic E-state index is -0.571. The van der Waals surface area contributed by atoms with Gasteiger partial charge in [0.05, 0.1) is 46.2 Å². The standard InChI is InChI=1S/C38H45NO7/c1-38(2,3)46-37(41)39-19-18-34(36(24-39)45-25-27-10-11-28-12-15-32(40)23-31(28)22-27)29-13-16-33(17-14-29)44-21-7-20-43-26-30-8-5-6-9-35(30)42-4/h5-6,8-17,22-23,34,36,40H,7,18-21,24-26H2,1-4H3/t34-,36+/m1/s1. The van der Waals surface area contributed by atoms with Crippen molar-refractivity contribution in [2.45, 2.75) is 64.4 Å². The molecule has 5 rings (SSSR count). The number of nitrogens with zero attached hydrogens (tertiary/aromatic N) is 1. The molecule has 1 aliphatic heterocycles. The van der Waals surface area contributed by atoms with E-state index in [0.717, 1.165) is 51.8 Å². The van der Waals surface area contributed by atoms with E-state index in [1.807, 2.05) is 81.4 Å². The molecule has 2 atom stereocenters. The molecular formula is C38H45NO7. The van der Waals surface area contributed by atoms with Crippen molar-refractivity contribution >= 4 is 16.9 Å². The number of fused-ring (bicyclic) bond motifs is 1. The van der Waals surface area contributed by atoms with Crippen LogP contribution in [-0.4, -0.2) is 61.2 Å². The zero-order valence-corrected chi connectivity index (χ0v) is 27.2. The van der Waals surface area contributed by atoms with Gasteiger partial charge in [-0.05, 0) is 85.5 Å². The lowest BCUT2D eigenvalue weighted by atomic mass is 9.87. The van der Waals surface area contributed by atoms with Crippen LogP contribution >= 0.6 is 0 Å². The summed E-state index contributed by atoms with van der Waals surface area (Å²) in [5.41, 5.74) is 2.60. The van der Waals surface area contributed by atoms with Crippen molar-refractivity contribution in [1.82, 2.24) is 4.90 Å². The molecular weight excluding hydrogens is 582 g/mol. The van der Waals surface area contributed by atoms with Crippen molar-refractivity contribution in [3.63, 3.8) is 0 Å². The van der Waals surface area contributed by atoms with Crippen molar-refractivity contribution in [3.05, 3.63) is 102 Å². The fraction of sp³-hybridized carbons (Fsp3) is 0.395. The summed E-state index contributed by atoms with van der Waals surface area (Å²) in [6.45, 7) is 8.67. The minimum Gasteiger partial charge on any atom is -0.508 e. The number of para-hydroxylation sites is 1. The average Bonchev–Trinajstić information content (AvgIpc) is 3.04. The Balaban J connectivity index is 1.18. The second-order valence-corrected chi connectivity index (χ2v) is 12.7. The molecule has 1 aliphatic rings. The van der Waals surface area contributed by atoms with Crippen LogP contribution in [0.5, 0.6) is 17.2 Å². The third-order valence-electron chi connectivity index (χ3n) is 8.02. The number of carbonyl (C=O) groups is 1. The van der Waals surface area contributed by atoms with Crippen molar-refractivity contribution in [3.8, 4) is 17.2 Å². The molecule has 46 heavy (non-hydrogen) atoms. The number of methoxy groups -OCH3 is 1. The molecule has 1 fully saturated rings. The van der Waals surface area contributed by atoms with Crippen LogP contribution in [0.15, 0.2) is 84.9 Å². The minimum absolute atomic E-state index is 0.0978. The summed E-state index contributed by atoms with van der Waals surface area (Å²) in [4.78, 5) is 14.7. The van der Waals surface area contributed by atoms with Gasteiger partial charge in [0.25, 0.3) is 0 Å². The number of benzene rings is 4. The number of hydrogen-bond acceptors (Lipinski definition) is 7. The Kier molecular flexibility index (Phi) is 11.0. The van der Waals surface area contributed by atoms with Crippen LogP contribution in [0.4, 0.5) is 4.79 Å². The van der Waals surface area contributed by atoms with Gasteiger partial charge in [-0.15, -0.1) is 0 Å². The molecule has 4 aromatic carbocycles. The average molecular weight is 628 g/mol. The number of piperidine rings is 1. The zero-order chi connectivity index (χ0) is 32.5. The smallest absolute Gasteiger partial charge is 0.410 e. The van der Waals surface area contributed by atoms with Gasteiger partial charge in [-0.1, -0.05) is 48.5 Å². The van der Waals surface area contributed by atoms with Crippen molar-refractivity contribution in [2.75, 3.05) is 33.4 Å². The summed E-state index contributed by atoms with van der Waals surface area (Å²) in [7, 11) is 1.66. The molecule has 0 aliphatic carbocycles. The van der Waals surface area contributed by atoms with E-state index in [2.05, 4.69) is 12.1 Å². The molecule has 0 unspecified atom stereocenters. The van der Waals surface area contributed by atoms with E-state index in [0.29, 0.717) is 39.5 Å². The monoisotopic (exact) mass is 627 g/mol. The maximum Gasteiger partial charge on any atom is 0.410 e.